The number of benzene rings is 1. The second-order valence-electron chi connectivity index (χ2n) is 3.03. The zero-order chi connectivity index (χ0) is 11.7. The van der Waals surface area contributed by atoms with Gasteiger partial charge in [0.1, 0.15) is 0 Å². The molecule has 2 aromatic rings. The van der Waals surface area contributed by atoms with Crippen LogP contribution in [0.25, 0.3) is 10.4 Å². The van der Waals surface area contributed by atoms with E-state index in [2.05, 4.69) is 10.3 Å². The number of nitrogens with zero attached hydrogens (tertiary/aromatic N) is 1. The van der Waals surface area contributed by atoms with Crippen LogP contribution in [0.2, 0.25) is 0 Å². The average molecular weight is 244 g/mol. The number of nitrogens with one attached hydrogen (secondary N) is 1. The van der Waals surface area contributed by atoms with Crippen molar-refractivity contribution in [3.63, 3.8) is 0 Å². The minimum Gasteiger partial charge on any atom is -0.365 e. The first-order valence-corrected chi connectivity index (χ1v) is 5.22. The SMILES string of the molecule is CNc1ncc(-c2cc(F)c(F)c(F)c2)s1. The Morgan fingerprint density at radius 3 is 2.31 bits per heavy atom. The fourth-order valence-electron chi connectivity index (χ4n) is 1.22. The molecule has 0 fully saturated rings. The van der Waals surface area contributed by atoms with E-state index in [1.54, 1.807) is 7.05 Å². The molecule has 1 aromatic carbocycles. The lowest BCUT2D eigenvalue weighted by Crippen LogP contribution is -1.90. The fraction of sp³-hybridized carbons (Fsp3) is 0.100. The van der Waals surface area contributed by atoms with E-state index >= 15 is 0 Å². The van der Waals surface area contributed by atoms with Gasteiger partial charge in [-0.05, 0) is 17.7 Å². The smallest absolute Gasteiger partial charge is 0.194 e. The Morgan fingerprint density at radius 1 is 1.19 bits per heavy atom. The van der Waals surface area contributed by atoms with E-state index in [9.17, 15) is 13.2 Å². The Morgan fingerprint density at radius 2 is 1.81 bits per heavy atom. The van der Waals surface area contributed by atoms with E-state index in [1.807, 2.05) is 0 Å². The maximum atomic E-state index is 13.0. The van der Waals surface area contributed by atoms with E-state index in [-0.39, 0.29) is 5.56 Å². The van der Waals surface area contributed by atoms with Crippen LogP contribution in [0, 0.1) is 17.5 Å². The molecule has 0 spiro atoms. The highest BCUT2D eigenvalue weighted by molar-refractivity contribution is 7.18. The summed E-state index contributed by atoms with van der Waals surface area (Å²) in [5, 5.41) is 3.43. The van der Waals surface area contributed by atoms with Crippen LogP contribution in [0.4, 0.5) is 18.3 Å². The third kappa shape index (κ3) is 1.88. The summed E-state index contributed by atoms with van der Waals surface area (Å²) in [5.41, 5.74) is 0.274. The Bertz CT molecular complexity index is 502. The molecule has 0 aliphatic rings. The molecular formula is C10H7F3N2S. The van der Waals surface area contributed by atoms with Crippen LogP contribution in [-0.4, -0.2) is 12.0 Å². The zero-order valence-corrected chi connectivity index (χ0v) is 9.04. The average Bonchev–Trinajstić information content (AvgIpc) is 2.73. The van der Waals surface area contributed by atoms with Crippen LogP contribution >= 0.6 is 11.3 Å². The molecule has 6 heteroatoms. The second-order valence-corrected chi connectivity index (χ2v) is 4.06. The molecule has 0 radical (unpaired) electrons. The van der Waals surface area contributed by atoms with Gasteiger partial charge in [0.05, 0.1) is 4.88 Å². The maximum Gasteiger partial charge on any atom is 0.194 e. The lowest BCUT2D eigenvalue weighted by Gasteiger charge is -1.99. The van der Waals surface area contributed by atoms with Crippen molar-refractivity contribution in [3.05, 3.63) is 35.8 Å². The van der Waals surface area contributed by atoms with Gasteiger partial charge >= 0.3 is 0 Å². The summed E-state index contributed by atoms with van der Waals surface area (Å²) in [6.45, 7) is 0. The van der Waals surface area contributed by atoms with Crippen molar-refractivity contribution in [2.45, 2.75) is 0 Å². The van der Waals surface area contributed by atoms with E-state index in [0.29, 0.717) is 10.0 Å². The van der Waals surface area contributed by atoms with Crippen molar-refractivity contribution in [3.8, 4) is 10.4 Å². The molecule has 16 heavy (non-hydrogen) atoms. The minimum absolute atomic E-state index is 0.274. The Balaban J connectivity index is 2.48. The molecule has 0 aliphatic heterocycles. The van der Waals surface area contributed by atoms with Gasteiger partial charge in [-0.25, -0.2) is 18.2 Å². The molecule has 0 bridgehead atoms. The number of thiazole rings is 1. The molecule has 0 atom stereocenters. The molecule has 0 amide bonds. The van der Waals surface area contributed by atoms with E-state index in [4.69, 9.17) is 0 Å². The number of rotatable bonds is 2. The van der Waals surface area contributed by atoms with Crippen molar-refractivity contribution in [1.82, 2.24) is 4.98 Å². The topological polar surface area (TPSA) is 24.9 Å². The van der Waals surface area contributed by atoms with Crippen molar-refractivity contribution in [2.75, 3.05) is 12.4 Å². The van der Waals surface area contributed by atoms with Gasteiger partial charge in [-0.2, -0.15) is 0 Å². The summed E-state index contributed by atoms with van der Waals surface area (Å²) in [4.78, 5) is 4.53. The molecule has 0 saturated carbocycles. The highest BCUT2D eigenvalue weighted by Crippen LogP contribution is 2.30. The predicted octanol–water partition coefficient (Wildman–Crippen LogP) is 3.27. The first-order valence-electron chi connectivity index (χ1n) is 4.40. The van der Waals surface area contributed by atoms with Crippen LogP contribution in [0.1, 0.15) is 0 Å². The number of hydrogen-bond acceptors (Lipinski definition) is 3. The summed E-state index contributed by atoms with van der Waals surface area (Å²) in [6, 6.07) is 1.90. The number of hydrogen-bond donors (Lipinski definition) is 1. The summed E-state index contributed by atoms with van der Waals surface area (Å²) in [5.74, 6) is -3.86. The van der Waals surface area contributed by atoms with Gasteiger partial charge in [0.2, 0.25) is 0 Å². The maximum absolute atomic E-state index is 13.0. The Hall–Kier alpha value is -1.56. The van der Waals surface area contributed by atoms with Gasteiger partial charge in [-0.3, -0.25) is 0 Å². The van der Waals surface area contributed by atoms with Crippen LogP contribution in [0.5, 0.6) is 0 Å². The number of anilines is 1. The van der Waals surface area contributed by atoms with Gasteiger partial charge in [0, 0.05) is 13.2 Å². The standard InChI is InChI=1S/C10H7F3N2S/c1-14-10-15-4-8(16-10)5-2-6(11)9(13)7(12)3-5/h2-4H,1H3,(H,14,15). The monoisotopic (exact) mass is 244 g/mol. The molecule has 0 saturated heterocycles. The first kappa shape index (κ1) is 10.9. The highest BCUT2D eigenvalue weighted by atomic mass is 32.1. The lowest BCUT2D eigenvalue weighted by molar-refractivity contribution is 0.448. The summed E-state index contributed by atoms with van der Waals surface area (Å²) < 4.78 is 38.7. The molecule has 1 heterocycles. The van der Waals surface area contributed by atoms with Gasteiger partial charge in [-0.1, -0.05) is 11.3 Å². The van der Waals surface area contributed by atoms with Crippen LogP contribution in [0.3, 0.4) is 0 Å². The van der Waals surface area contributed by atoms with Gasteiger partial charge in [0.15, 0.2) is 22.6 Å². The fourth-order valence-corrected chi connectivity index (χ4v) is 1.98. The normalized spacial score (nSPS) is 10.5. The number of halogens is 3. The largest absolute Gasteiger partial charge is 0.365 e. The molecule has 0 aliphatic carbocycles. The van der Waals surface area contributed by atoms with Gasteiger partial charge < -0.3 is 5.32 Å². The van der Waals surface area contributed by atoms with Crippen LogP contribution in [0.15, 0.2) is 18.3 Å². The lowest BCUT2D eigenvalue weighted by atomic mass is 10.2. The highest BCUT2D eigenvalue weighted by Gasteiger charge is 2.13. The molecule has 84 valence electrons. The molecule has 1 aromatic heterocycles. The van der Waals surface area contributed by atoms with E-state index < -0.39 is 17.5 Å². The molecule has 2 rings (SSSR count). The van der Waals surface area contributed by atoms with Crippen molar-refractivity contribution in [1.29, 1.82) is 0 Å². The molecule has 2 nitrogen and oxygen atoms in total. The van der Waals surface area contributed by atoms with Gasteiger partial charge in [0.25, 0.3) is 0 Å². The predicted molar refractivity (Wildman–Crippen MR) is 57.0 cm³/mol. The van der Waals surface area contributed by atoms with Crippen molar-refractivity contribution >= 4 is 16.5 Å². The van der Waals surface area contributed by atoms with E-state index in [0.717, 1.165) is 12.1 Å². The van der Waals surface area contributed by atoms with Crippen molar-refractivity contribution in [2.24, 2.45) is 0 Å². The zero-order valence-electron chi connectivity index (χ0n) is 8.22. The third-order valence-corrected chi connectivity index (χ3v) is 3.05. The molecule has 1 N–H and O–H groups in total. The second kappa shape index (κ2) is 4.13. The van der Waals surface area contributed by atoms with Crippen LogP contribution < -0.4 is 5.32 Å². The summed E-state index contributed by atoms with van der Waals surface area (Å²) in [7, 11) is 1.69. The minimum atomic E-state index is -1.46. The summed E-state index contributed by atoms with van der Waals surface area (Å²) in [6.07, 6.45) is 1.47. The van der Waals surface area contributed by atoms with Gasteiger partial charge in [-0.15, -0.1) is 0 Å². The summed E-state index contributed by atoms with van der Waals surface area (Å²) >= 11 is 1.23. The van der Waals surface area contributed by atoms with E-state index in [1.165, 1.54) is 17.5 Å². The van der Waals surface area contributed by atoms with Crippen LogP contribution in [-0.2, 0) is 0 Å². The first-order chi connectivity index (χ1) is 7.61. The number of aromatic nitrogens is 1. The Kier molecular flexibility index (Phi) is 2.82. The molecule has 0 unspecified atom stereocenters. The third-order valence-electron chi connectivity index (χ3n) is 1.99. The van der Waals surface area contributed by atoms with Crippen molar-refractivity contribution < 1.29 is 13.2 Å². The molecular weight excluding hydrogens is 237 g/mol. The Labute approximate surface area is 93.8 Å². The quantitative estimate of drug-likeness (QED) is 0.820.